The molecule has 0 radical (unpaired) electrons. The second-order valence-electron chi connectivity index (χ2n) is 9.49. The van der Waals surface area contributed by atoms with Gasteiger partial charge in [0.2, 0.25) is 11.8 Å². The molecule has 8 nitrogen and oxygen atoms in total. The van der Waals surface area contributed by atoms with Crippen molar-refractivity contribution in [2.75, 3.05) is 6.54 Å². The zero-order valence-electron chi connectivity index (χ0n) is 20.2. The van der Waals surface area contributed by atoms with E-state index in [1.807, 2.05) is 52.0 Å². The molecule has 34 heavy (non-hydrogen) atoms. The summed E-state index contributed by atoms with van der Waals surface area (Å²) in [5.74, 6) is -1.70. The average Bonchev–Trinajstić information content (AvgIpc) is 2.93. The Morgan fingerprint density at radius 1 is 1.09 bits per heavy atom. The Kier molecular flexibility index (Phi) is 7.16. The van der Waals surface area contributed by atoms with Crippen LogP contribution in [0.25, 0.3) is 0 Å². The molecule has 1 aliphatic rings. The van der Waals surface area contributed by atoms with Gasteiger partial charge in [-0.15, -0.1) is 0 Å². The number of aryl methyl sites for hydroxylation is 1. The van der Waals surface area contributed by atoms with E-state index in [1.54, 1.807) is 13.0 Å². The Bertz CT molecular complexity index is 1220. The maximum Gasteiger partial charge on any atom is 0.269 e. The minimum atomic E-state index is -4.15. The lowest BCUT2D eigenvalue weighted by Crippen LogP contribution is -2.55. The van der Waals surface area contributed by atoms with E-state index in [0.29, 0.717) is 10.7 Å². The molecule has 1 aliphatic heterocycles. The maximum absolute atomic E-state index is 13.5. The molecule has 182 valence electrons. The molecular formula is C25H31N3O5S. The number of carbonyl (C=O) groups is 3. The van der Waals surface area contributed by atoms with Crippen LogP contribution in [0, 0.1) is 6.92 Å². The number of carbonyl (C=O) groups excluding carboxylic acids is 3. The average molecular weight is 486 g/mol. The first-order valence-electron chi connectivity index (χ1n) is 11.2. The van der Waals surface area contributed by atoms with E-state index in [1.165, 1.54) is 23.1 Å². The molecule has 2 aromatic carbocycles. The highest BCUT2D eigenvalue weighted by Crippen LogP contribution is 2.30. The summed E-state index contributed by atoms with van der Waals surface area (Å²) in [5.41, 5.74) is 1.32. The topological polar surface area (TPSA) is 104 Å². The molecule has 0 bridgehead atoms. The first kappa shape index (κ1) is 25.4. The third-order valence-electron chi connectivity index (χ3n) is 5.51. The quantitative estimate of drug-likeness (QED) is 0.650. The standard InChI is InChI=1S/C25H31N3O5S/c1-6-20(23(30)26-25(3,4)5)27(15-18-11-9-10-17(2)14-18)22(29)16-28-24(31)19-12-7-8-13-21(19)34(28,32)33/h7-14,20H,6,15-16H2,1-5H3,(H,26,30). The van der Waals surface area contributed by atoms with Gasteiger partial charge >= 0.3 is 0 Å². The summed E-state index contributed by atoms with van der Waals surface area (Å²) in [6.07, 6.45) is 0.320. The van der Waals surface area contributed by atoms with Gasteiger partial charge in [-0.05, 0) is 51.8 Å². The molecule has 1 heterocycles. The van der Waals surface area contributed by atoms with Crippen molar-refractivity contribution < 1.29 is 22.8 Å². The Balaban J connectivity index is 1.94. The van der Waals surface area contributed by atoms with Crippen molar-refractivity contribution in [3.63, 3.8) is 0 Å². The molecule has 3 amide bonds. The van der Waals surface area contributed by atoms with Crippen LogP contribution >= 0.6 is 0 Å². The minimum absolute atomic E-state index is 0.0399. The molecule has 0 aromatic heterocycles. The van der Waals surface area contributed by atoms with Gasteiger partial charge in [-0.25, -0.2) is 12.7 Å². The van der Waals surface area contributed by atoms with Crippen LogP contribution in [-0.2, 0) is 26.2 Å². The van der Waals surface area contributed by atoms with Gasteiger partial charge in [-0.1, -0.05) is 48.9 Å². The highest BCUT2D eigenvalue weighted by Gasteiger charge is 2.43. The van der Waals surface area contributed by atoms with E-state index in [-0.39, 0.29) is 22.9 Å². The number of nitrogens with one attached hydrogen (secondary N) is 1. The predicted molar refractivity (Wildman–Crippen MR) is 128 cm³/mol. The van der Waals surface area contributed by atoms with E-state index in [0.717, 1.165) is 11.1 Å². The van der Waals surface area contributed by atoms with E-state index in [2.05, 4.69) is 5.32 Å². The summed E-state index contributed by atoms with van der Waals surface area (Å²) < 4.78 is 26.5. The van der Waals surface area contributed by atoms with Crippen LogP contribution in [0.2, 0.25) is 0 Å². The van der Waals surface area contributed by atoms with Crippen molar-refractivity contribution in [3.8, 4) is 0 Å². The lowest BCUT2D eigenvalue weighted by Gasteiger charge is -2.33. The third kappa shape index (κ3) is 5.30. The van der Waals surface area contributed by atoms with Crippen LogP contribution < -0.4 is 5.32 Å². The minimum Gasteiger partial charge on any atom is -0.350 e. The summed E-state index contributed by atoms with van der Waals surface area (Å²) in [5, 5.41) is 2.90. The van der Waals surface area contributed by atoms with Crippen LogP contribution in [0.4, 0.5) is 0 Å². The van der Waals surface area contributed by atoms with Crippen LogP contribution in [0.3, 0.4) is 0 Å². The number of hydrogen-bond donors (Lipinski definition) is 1. The van der Waals surface area contributed by atoms with E-state index in [9.17, 15) is 22.8 Å². The number of amides is 3. The summed E-state index contributed by atoms with van der Waals surface area (Å²) >= 11 is 0. The van der Waals surface area contributed by atoms with Gasteiger partial charge < -0.3 is 10.2 Å². The SMILES string of the molecule is CCC(C(=O)NC(C)(C)C)N(Cc1cccc(C)c1)C(=O)CN1C(=O)c2ccccc2S1(=O)=O. The molecule has 0 saturated carbocycles. The van der Waals surface area contributed by atoms with Crippen molar-refractivity contribution in [1.29, 1.82) is 0 Å². The molecule has 0 aliphatic carbocycles. The number of nitrogens with zero attached hydrogens (tertiary/aromatic N) is 2. The monoisotopic (exact) mass is 485 g/mol. The zero-order chi connectivity index (χ0) is 25.3. The second-order valence-corrected chi connectivity index (χ2v) is 11.3. The van der Waals surface area contributed by atoms with Crippen molar-refractivity contribution in [2.24, 2.45) is 0 Å². The summed E-state index contributed by atoms with van der Waals surface area (Å²) in [4.78, 5) is 40.7. The lowest BCUT2D eigenvalue weighted by molar-refractivity contribution is -0.141. The van der Waals surface area contributed by atoms with Gasteiger partial charge in [0.15, 0.2) is 0 Å². The normalized spacial score (nSPS) is 15.6. The summed E-state index contributed by atoms with van der Waals surface area (Å²) in [6.45, 7) is 8.67. The Morgan fingerprint density at radius 2 is 1.76 bits per heavy atom. The second kappa shape index (κ2) is 9.58. The van der Waals surface area contributed by atoms with Gasteiger partial charge in [-0.2, -0.15) is 0 Å². The van der Waals surface area contributed by atoms with Crippen molar-refractivity contribution in [3.05, 3.63) is 65.2 Å². The zero-order valence-corrected chi connectivity index (χ0v) is 21.0. The Hall–Kier alpha value is -3.20. The third-order valence-corrected chi connectivity index (χ3v) is 7.30. The van der Waals surface area contributed by atoms with Crippen LogP contribution in [0.5, 0.6) is 0 Å². The van der Waals surface area contributed by atoms with Gasteiger partial charge in [0.25, 0.3) is 15.9 Å². The van der Waals surface area contributed by atoms with E-state index in [4.69, 9.17) is 0 Å². The summed E-state index contributed by atoms with van der Waals surface area (Å²) in [7, 11) is -4.15. The summed E-state index contributed by atoms with van der Waals surface area (Å²) in [6, 6.07) is 12.6. The van der Waals surface area contributed by atoms with Gasteiger partial charge in [0.05, 0.1) is 5.56 Å². The van der Waals surface area contributed by atoms with Gasteiger partial charge in [0.1, 0.15) is 17.5 Å². The Morgan fingerprint density at radius 3 is 2.35 bits per heavy atom. The predicted octanol–water partition coefficient (Wildman–Crippen LogP) is 2.86. The van der Waals surface area contributed by atoms with E-state index < -0.39 is 40.0 Å². The Labute approximate surface area is 201 Å². The van der Waals surface area contributed by atoms with Gasteiger partial charge in [-0.3, -0.25) is 14.4 Å². The molecule has 3 rings (SSSR count). The lowest BCUT2D eigenvalue weighted by atomic mass is 10.0. The molecule has 0 saturated heterocycles. The van der Waals surface area contributed by atoms with Crippen LogP contribution in [0.1, 0.15) is 55.6 Å². The largest absolute Gasteiger partial charge is 0.350 e. The number of sulfonamides is 1. The van der Waals surface area contributed by atoms with Crippen LogP contribution in [0.15, 0.2) is 53.4 Å². The number of hydrogen-bond acceptors (Lipinski definition) is 5. The highest BCUT2D eigenvalue weighted by molar-refractivity contribution is 7.90. The molecule has 0 spiro atoms. The van der Waals surface area contributed by atoms with E-state index >= 15 is 0 Å². The smallest absolute Gasteiger partial charge is 0.269 e. The number of rotatable bonds is 7. The molecule has 1 N–H and O–H groups in total. The van der Waals surface area contributed by atoms with Crippen molar-refractivity contribution >= 4 is 27.7 Å². The van der Waals surface area contributed by atoms with Crippen molar-refractivity contribution in [2.45, 2.75) is 64.1 Å². The van der Waals surface area contributed by atoms with Crippen molar-refractivity contribution in [1.82, 2.24) is 14.5 Å². The van der Waals surface area contributed by atoms with Crippen LogP contribution in [-0.4, -0.2) is 53.5 Å². The first-order chi connectivity index (χ1) is 15.8. The number of fused-ring (bicyclic) bond motifs is 1. The molecule has 1 unspecified atom stereocenters. The molecule has 0 fully saturated rings. The maximum atomic E-state index is 13.5. The fourth-order valence-electron chi connectivity index (χ4n) is 3.98. The first-order valence-corrected chi connectivity index (χ1v) is 12.6. The highest BCUT2D eigenvalue weighted by atomic mass is 32.2. The molecule has 2 aromatic rings. The number of benzene rings is 2. The fourth-order valence-corrected chi connectivity index (χ4v) is 5.50. The molecular weight excluding hydrogens is 454 g/mol. The molecule has 1 atom stereocenters. The fraction of sp³-hybridized carbons (Fsp3) is 0.400. The van der Waals surface area contributed by atoms with Gasteiger partial charge in [0, 0.05) is 12.1 Å². The molecule has 9 heteroatoms.